The lowest BCUT2D eigenvalue weighted by Gasteiger charge is -2.47. The number of carbonyl (C=O) groups excluding carboxylic acids is 1. The normalized spacial score (nSPS) is 21.2. The lowest BCUT2D eigenvalue weighted by atomic mass is 9.65. The molecule has 0 bridgehead atoms. The van der Waals surface area contributed by atoms with Crippen LogP contribution < -0.4 is 16.0 Å². The summed E-state index contributed by atoms with van der Waals surface area (Å²) in [5, 5.41) is 17.5. The standard InChI is InChI=1S/C34H45F3N6O2S/c1-22-28(23(2)45-42-22)41-32(44)43-16-11-25(12-17-43)39-30-26-19-33(14-9-7-5-3-4-6-8-10-15-33)31(34(35,36)37)40-29(26)27(20-38-30)24-13-18-46-21-24/h13,18,20-21,25,31,40H,3-12,14-17,19H2,1-2H3,(H,38,39)(H,41,44). The van der Waals surface area contributed by atoms with Crippen molar-refractivity contribution in [2.45, 2.75) is 116 Å². The predicted octanol–water partition coefficient (Wildman–Crippen LogP) is 9.32. The lowest BCUT2D eigenvalue weighted by Crippen LogP contribution is -2.54. The zero-order valence-corrected chi connectivity index (χ0v) is 27.6. The third kappa shape index (κ3) is 7.01. The van der Waals surface area contributed by atoms with Crippen LogP contribution in [0.25, 0.3) is 11.1 Å². The van der Waals surface area contributed by atoms with E-state index >= 15 is 13.2 Å². The van der Waals surface area contributed by atoms with Crippen molar-refractivity contribution < 1.29 is 22.5 Å². The highest BCUT2D eigenvalue weighted by atomic mass is 32.1. The van der Waals surface area contributed by atoms with Crippen molar-refractivity contribution in [3.63, 3.8) is 0 Å². The minimum atomic E-state index is -4.38. The number of rotatable bonds is 4. The van der Waals surface area contributed by atoms with Gasteiger partial charge in [0, 0.05) is 41.9 Å². The quantitative estimate of drug-likeness (QED) is 0.259. The fourth-order valence-electron chi connectivity index (χ4n) is 7.70. The Balaban J connectivity index is 1.26. The van der Waals surface area contributed by atoms with Crippen LogP contribution in [0.3, 0.4) is 0 Å². The Morgan fingerprint density at radius 3 is 2.33 bits per heavy atom. The van der Waals surface area contributed by atoms with Crippen LogP contribution in [-0.4, -0.2) is 52.4 Å². The molecule has 6 rings (SSSR count). The van der Waals surface area contributed by atoms with Crippen LogP contribution in [0.4, 0.5) is 35.2 Å². The topological polar surface area (TPSA) is 95.3 Å². The summed E-state index contributed by atoms with van der Waals surface area (Å²) >= 11 is 1.52. The second-order valence-corrected chi connectivity index (χ2v) is 14.2. The Kier molecular flexibility index (Phi) is 9.82. The summed E-state index contributed by atoms with van der Waals surface area (Å²) in [6.07, 6.45) is 8.21. The third-order valence-electron chi connectivity index (χ3n) is 10.3. The number of urea groups is 1. The van der Waals surface area contributed by atoms with Crippen LogP contribution in [0.2, 0.25) is 0 Å². The Labute approximate surface area is 272 Å². The van der Waals surface area contributed by atoms with E-state index in [4.69, 9.17) is 9.51 Å². The maximum Gasteiger partial charge on any atom is 0.409 e. The molecule has 1 aliphatic carbocycles. The Morgan fingerprint density at radius 1 is 1.07 bits per heavy atom. The number of aryl methyl sites for hydroxylation is 2. The van der Waals surface area contributed by atoms with Crippen LogP contribution in [0.1, 0.15) is 94.1 Å². The molecule has 1 saturated carbocycles. The number of pyridine rings is 1. The second-order valence-electron chi connectivity index (χ2n) is 13.4. The van der Waals surface area contributed by atoms with E-state index in [1.807, 2.05) is 16.8 Å². The van der Waals surface area contributed by atoms with E-state index in [1.54, 1.807) is 24.9 Å². The van der Waals surface area contributed by atoms with Gasteiger partial charge in [-0.05, 0) is 68.3 Å². The number of amides is 2. The minimum Gasteiger partial charge on any atom is -0.373 e. The highest BCUT2D eigenvalue weighted by Crippen LogP contribution is 2.53. The van der Waals surface area contributed by atoms with Crippen molar-refractivity contribution in [2.75, 3.05) is 29.0 Å². The fraction of sp³-hybridized carbons (Fsp3) is 0.618. The van der Waals surface area contributed by atoms with E-state index < -0.39 is 17.6 Å². The number of nitrogens with zero attached hydrogens (tertiary/aromatic N) is 3. The molecule has 2 amide bonds. The Morgan fingerprint density at radius 2 is 1.74 bits per heavy atom. The van der Waals surface area contributed by atoms with Gasteiger partial charge in [0.2, 0.25) is 0 Å². The molecule has 1 unspecified atom stereocenters. The maximum absolute atomic E-state index is 15.0. The average Bonchev–Trinajstić information content (AvgIpc) is 3.67. The molecule has 250 valence electrons. The van der Waals surface area contributed by atoms with Gasteiger partial charge < -0.3 is 25.4 Å². The van der Waals surface area contributed by atoms with Crippen molar-refractivity contribution in [3.8, 4) is 11.1 Å². The molecule has 1 saturated heterocycles. The summed E-state index contributed by atoms with van der Waals surface area (Å²) in [6.45, 7) is 4.64. The van der Waals surface area contributed by atoms with Crippen molar-refractivity contribution in [3.05, 3.63) is 40.0 Å². The minimum absolute atomic E-state index is 0.0376. The van der Waals surface area contributed by atoms with Crippen molar-refractivity contribution in [1.82, 2.24) is 15.0 Å². The molecular weight excluding hydrogens is 613 g/mol. The highest BCUT2D eigenvalue weighted by molar-refractivity contribution is 7.08. The molecule has 0 radical (unpaired) electrons. The Bertz CT molecular complexity index is 1450. The number of halogens is 3. The largest absolute Gasteiger partial charge is 0.409 e. The average molecular weight is 659 g/mol. The zero-order valence-electron chi connectivity index (χ0n) is 26.8. The van der Waals surface area contributed by atoms with Gasteiger partial charge in [-0.3, -0.25) is 0 Å². The summed E-state index contributed by atoms with van der Waals surface area (Å²) in [7, 11) is 0. The van der Waals surface area contributed by atoms with Crippen molar-refractivity contribution in [2.24, 2.45) is 5.41 Å². The van der Waals surface area contributed by atoms with E-state index in [1.165, 1.54) is 24.2 Å². The zero-order chi connectivity index (χ0) is 32.3. The number of hydrogen-bond donors (Lipinski definition) is 3. The monoisotopic (exact) mass is 658 g/mol. The SMILES string of the molecule is Cc1noc(C)c1NC(=O)N1CCC(Nc2ncc(-c3ccsc3)c3c2CC2(CCCCCCCCCC2)C(C(F)(F)F)N3)CC1. The number of aromatic nitrogens is 2. The molecule has 46 heavy (non-hydrogen) atoms. The summed E-state index contributed by atoms with van der Waals surface area (Å²) in [5.74, 6) is 1.23. The fourth-order valence-corrected chi connectivity index (χ4v) is 8.36. The van der Waals surface area contributed by atoms with Gasteiger partial charge in [-0.2, -0.15) is 24.5 Å². The highest BCUT2D eigenvalue weighted by Gasteiger charge is 2.56. The summed E-state index contributed by atoms with van der Waals surface area (Å²) in [5.41, 5.74) is 3.31. The molecule has 3 N–H and O–H groups in total. The second kappa shape index (κ2) is 13.8. The first kappa shape index (κ1) is 32.7. The summed E-state index contributed by atoms with van der Waals surface area (Å²) < 4.78 is 50.3. The van der Waals surface area contributed by atoms with E-state index in [0.717, 1.165) is 49.7 Å². The van der Waals surface area contributed by atoms with Gasteiger partial charge in [0.1, 0.15) is 23.2 Å². The smallest absolute Gasteiger partial charge is 0.373 e. The van der Waals surface area contributed by atoms with Gasteiger partial charge in [-0.25, -0.2) is 9.78 Å². The number of piperidine rings is 1. The van der Waals surface area contributed by atoms with Gasteiger partial charge in [-0.15, -0.1) is 0 Å². The molecule has 3 aliphatic rings. The molecular formula is C34H45F3N6O2S. The number of anilines is 3. The molecule has 1 atom stereocenters. The Hall–Kier alpha value is -3.28. The summed E-state index contributed by atoms with van der Waals surface area (Å²) in [6, 6.07) is 0.176. The molecule has 0 aromatic carbocycles. The van der Waals surface area contributed by atoms with Crippen LogP contribution in [-0.2, 0) is 6.42 Å². The number of nitrogens with one attached hydrogen (secondary N) is 3. The molecule has 5 heterocycles. The number of fused-ring (bicyclic) bond motifs is 1. The first-order chi connectivity index (χ1) is 22.1. The summed E-state index contributed by atoms with van der Waals surface area (Å²) in [4.78, 5) is 19.7. The molecule has 3 aromatic rings. The van der Waals surface area contributed by atoms with E-state index in [2.05, 4.69) is 21.1 Å². The van der Waals surface area contributed by atoms with Crippen LogP contribution >= 0.6 is 11.3 Å². The lowest BCUT2D eigenvalue weighted by molar-refractivity contribution is -0.172. The molecule has 2 aliphatic heterocycles. The molecule has 8 nitrogen and oxygen atoms in total. The number of carbonyl (C=O) groups is 1. The van der Waals surface area contributed by atoms with Gasteiger partial charge in [0.05, 0.1) is 5.69 Å². The van der Waals surface area contributed by atoms with E-state index in [-0.39, 0.29) is 12.1 Å². The molecule has 12 heteroatoms. The first-order valence-corrected chi connectivity index (χ1v) is 17.7. The van der Waals surface area contributed by atoms with Crippen LogP contribution in [0.5, 0.6) is 0 Å². The first-order valence-electron chi connectivity index (χ1n) is 16.8. The number of alkyl halides is 3. The maximum atomic E-state index is 15.0. The predicted molar refractivity (Wildman–Crippen MR) is 177 cm³/mol. The number of likely N-dealkylation sites (tertiary alicyclic amines) is 1. The van der Waals surface area contributed by atoms with E-state index in [9.17, 15) is 4.79 Å². The van der Waals surface area contributed by atoms with Crippen LogP contribution in [0.15, 0.2) is 27.5 Å². The van der Waals surface area contributed by atoms with Gasteiger partial charge in [-0.1, -0.05) is 56.5 Å². The third-order valence-corrected chi connectivity index (χ3v) is 10.9. The van der Waals surface area contributed by atoms with E-state index in [0.29, 0.717) is 79.4 Å². The number of thiophene rings is 1. The van der Waals surface area contributed by atoms with Crippen LogP contribution in [0, 0.1) is 19.3 Å². The number of hydrogen-bond acceptors (Lipinski definition) is 7. The molecule has 2 fully saturated rings. The van der Waals surface area contributed by atoms with Crippen molar-refractivity contribution in [1.29, 1.82) is 0 Å². The van der Waals surface area contributed by atoms with Gasteiger partial charge in [0.25, 0.3) is 0 Å². The van der Waals surface area contributed by atoms with Gasteiger partial charge in [0.15, 0.2) is 5.76 Å². The van der Waals surface area contributed by atoms with Crippen molar-refractivity contribution >= 4 is 34.6 Å². The molecule has 3 aromatic heterocycles. The van der Waals surface area contributed by atoms with Gasteiger partial charge >= 0.3 is 12.2 Å². The molecule has 1 spiro atoms.